The van der Waals surface area contributed by atoms with Crippen LogP contribution in [0.4, 0.5) is 0 Å². The summed E-state index contributed by atoms with van der Waals surface area (Å²) in [5, 5.41) is 13.4. The Morgan fingerprint density at radius 3 is 2.63 bits per heavy atom. The van der Waals surface area contributed by atoms with Crippen LogP contribution in [-0.4, -0.2) is 32.3 Å². The predicted molar refractivity (Wildman–Crippen MR) is 113 cm³/mol. The Kier molecular flexibility index (Phi) is 6.71. The SMILES string of the molecule is CC(C)N(Cc1nnc(-c2ccc(Cl)cc2)o1)C(=S)N[C@@H]1CCCC[C@H]1C. The summed E-state index contributed by atoms with van der Waals surface area (Å²) in [6, 6.07) is 8.04. The fourth-order valence-electron chi connectivity index (χ4n) is 3.43. The molecule has 7 heteroatoms. The van der Waals surface area contributed by atoms with Gasteiger partial charge in [0.2, 0.25) is 11.8 Å². The summed E-state index contributed by atoms with van der Waals surface area (Å²) in [6.45, 7) is 7.03. The number of benzene rings is 1. The highest BCUT2D eigenvalue weighted by Crippen LogP contribution is 2.25. The molecule has 1 fully saturated rings. The van der Waals surface area contributed by atoms with E-state index in [9.17, 15) is 0 Å². The molecular formula is C20H27ClN4OS. The van der Waals surface area contributed by atoms with E-state index in [-0.39, 0.29) is 6.04 Å². The van der Waals surface area contributed by atoms with E-state index in [2.05, 4.69) is 41.2 Å². The van der Waals surface area contributed by atoms with Crippen molar-refractivity contribution in [3.63, 3.8) is 0 Å². The summed E-state index contributed by atoms with van der Waals surface area (Å²) in [4.78, 5) is 2.11. The van der Waals surface area contributed by atoms with Gasteiger partial charge in [0.05, 0.1) is 6.54 Å². The second-order valence-electron chi connectivity index (χ2n) is 7.55. The highest BCUT2D eigenvalue weighted by Gasteiger charge is 2.25. The molecule has 0 saturated heterocycles. The van der Waals surface area contributed by atoms with Gasteiger partial charge in [0, 0.05) is 22.7 Å². The van der Waals surface area contributed by atoms with Gasteiger partial charge in [-0.2, -0.15) is 0 Å². The molecule has 2 aromatic rings. The third kappa shape index (κ3) is 5.20. The quantitative estimate of drug-likeness (QED) is 0.701. The van der Waals surface area contributed by atoms with E-state index >= 15 is 0 Å². The zero-order valence-corrected chi connectivity index (χ0v) is 17.7. The molecule has 0 aliphatic heterocycles. The molecule has 0 bridgehead atoms. The van der Waals surface area contributed by atoms with Crippen molar-refractivity contribution >= 4 is 28.9 Å². The van der Waals surface area contributed by atoms with Crippen molar-refractivity contribution < 1.29 is 4.42 Å². The molecule has 1 aromatic heterocycles. The molecule has 3 rings (SSSR count). The standard InChI is InChI=1S/C20H27ClN4OS/c1-13(2)25(20(27)22-17-7-5-4-6-14(17)3)12-18-23-24-19(26-18)15-8-10-16(21)11-9-15/h8-11,13-14,17H,4-7,12H2,1-3H3,(H,22,27)/t14-,17-/m1/s1. The van der Waals surface area contributed by atoms with Gasteiger partial charge in [-0.15, -0.1) is 10.2 Å². The molecule has 1 aliphatic carbocycles. The highest BCUT2D eigenvalue weighted by atomic mass is 35.5. The topological polar surface area (TPSA) is 54.2 Å². The van der Waals surface area contributed by atoms with Gasteiger partial charge in [-0.05, 0) is 69.1 Å². The van der Waals surface area contributed by atoms with Crippen LogP contribution in [0.2, 0.25) is 5.02 Å². The van der Waals surface area contributed by atoms with Crippen LogP contribution >= 0.6 is 23.8 Å². The van der Waals surface area contributed by atoms with Gasteiger partial charge in [0.1, 0.15) is 0 Å². The van der Waals surface area contributed by atoms with Crippen LogP contribution in [0, 0.1) is 5.92 Å². The molecule has 1 saturated carbocycles. The van der Waals surface area contributed by atoms with Crippen LogP contribution in [0.5, 0.6) is 0 Å². The average molecular weight is 407 g/mol. The van der Waals surface area contributed by atoms with E-state index in [0.29, 0.717) is 35.3 Å². The smallest absolute Gasteiger partial charge is 0.247 e. The zero-order chi connectivity index (χ0) is 19.4. The van der Waals surface area contributed by atoms with Crippen LogP contribution in [0.3, 0.4) is 0 Å². The Morgan fingerprint density at radius 2 is 1.96 bits per heavy atom. The van der Waals surface area contributed by atoms with Gasteiger partial charge in [0.25, 0.3) is 0 Å². The predicted octanol–water partition coefficient (Wildman–Crippen LogP) is 5.05. The molecule has 1 heterocycles. The third-order valence-electron chi connectivity index (χ3n) is 5.17. The lowest BCUT2D eigenvalue weighted by Crippen LogP contribution is -2.49. The van der Waals surface area contributed by atoms with Crippen molar-refractivity contribution in [2.45, 2.75) is 65.1 Å². The molecular weight excluding hydrogens is 380 g/mol. The van der Waals surface area contributed by atoms with Gasteiger partial charge in [-0.3, -0.25) is 0 Å². The second kappa shape index (κ2) is 9.02. The van der Waals surface area contributed by atoms with Crippen LogP contribution in [0.25, 0.3) is 11.5 Å². The first-order valence-corrected chi connectivity index (χ1v) is 10.4. The molecule has 5 nitrogen and oxygen atoms in total. The van der Waals surface area contributed by atoms with E-state index in [0.717, 1.165) is 10.7 Å². The molecule has 1 aromatic carbocycles. The van der Waals surface area contributed by atoms with Crippen molar-refractivity contribution in [3.05, 3.63) is 35.2 Å². The summed E-state index contributed by atoms with van der Waals surface area (Å²) in [6.07, 6.45) is 5.01. The first-order chi connectivity index (χ1) is 12.9. The van der Waals surface area contributed by atoms with E-state index < -0.39 is 0 Å². The lowest BCUT2D eigenvalue weighted by molar-refractivity contribution is 0.270. The van der Waals surface area contributed by atoms with E-state index in [1.165, 1.54) is 25.7 Å². The fraction of sp³-hybridized carbons (Fsp3) is 0.550. The normalized spacial score (nSPS) is 19.9. The van der Waals surface area contributed by atoms with Crippen LogP contribution in [-0.2, 0) is 6.54 Å². The maximum atomic E-state index is 5.94. The van der Waals surface area contributed by atoms with E-state index in [1.807, 2.05) is 24.3 Å². The summed E-state index contributed by atoms with van der Waals surface area (Å²) in [5.41, 5.74) is 0.853. The molecule has 1 aliphatic rings. The zero-order valence-electron chi connectivity index (χ0n) is 16.1. The Balaban J connectivity index is 1.67. The number of halogens is 1. The maximum Gasteiger partial charge on any atom is 0.247 e. The molecule has 0 unspecified atom stereocenters. The minimum absolute atomic E-state index is 0.231. The average Bonchev–Trinajstić information content (AvgIpc) is 3.10. The number of aromatic nitrogens is 2. The number of hydrogen-bond acceptors (Lipinski definition) is 4. The Bertz CT molecular complexity index is 762. The Morgan fingerprint density at radius 1 is 1.26 bits per heavy atom. The van der Waals surface area contributed by atoms with Crippen LogP contribution in [0.15, 0.2) is 28.7 Å². The van der Waals surface area contributed by atoms with Gasteiger partial charge >= 0.3 is 0 Å². The van der Waals surface area contributed by atoms with Crippen molar-refractivity contribution in [1.82, 2.24) is 20.4 Å². The Hall–Kier alpha value is -1.66. The number of hydrogen-bond donors (Lipinski definition) is 1. The molecule has 1 N–H and O–H groups in total. The van der Waals surface area contributed by atoms with E-state index in [1.54, 1.807) is 0 Å². The highest BCUT2D eigenvalue weighted by molar-refractivity contribution is 7.80. The lowest BCUT2D eigenvalue weighted by atomic mass is 9.86. The molecule has 0 radical (unpaired) electrons. The van der Waals surface area contributed by atoms with Crippen LogP contribution in [0.1, 0.15) is 52.3 Å². The van der Waals surface area contributed by atoms with Crippen LogP contribution < -0.4 is 5.32 Å². The second-order valence-corrected chi connectivity index (χ2v) is 8.37. The summed E-state index contributed by atoms with van der Waals surface area (Å²) in [5.74, 6) is 1.69. The number of thiocarbonyl (C=S) groups is 1. The first kappa shape index (κ1) is 20.1. The van der Waals surface area contributed by atoms with Crippen molar-refractivity contribution in [2.24, 2.45) is 5.92 Å². The molecule has 0 spiro atoms. The third-order valence-corrected chi connectivity index (χ3v) is 5.77. The van der Waals surface area contributed by atoms with Gasteiger partial charge in [-0.1, -0.05) is 31.4 Å². The molecule has 27 heavy (non-hydrogen) atoms. The maximum absolute atomic E-state index is 5.94. The summed E-state index contributed by atoms with van der Waals surface area (Å²) >= 11 is 11.6. The minimum Gasteiger partial charge on any atom is -0.419 e. The largest absolute Gasteiger partial charge is 0.419 e. The summed E-state index contributed by atoms with van der Waals surface area (Å²) in [7, 11) is 0. The van der Waals surface area contributed by atoms with Crippen molar-refractivity contribution in [3.8, 4) is 11.5 Å². The number of nitrogens with one attached hydrogen (secondary N) is 1. The fourth-order valence-corrected chi connectivity index (χ4v) is 3.99. The van der Waals surface area contributed by atoms with E-state index in [4.69, 9.17) is 28.2 Å². The molecule has 2 atom stereocenters. The number of rotatable bonds is 5. The van der Waals surface area contributed by atoms with Crippen molar-refractivity contribution in [2.75, 3.05) is 0 Å². The Labute approximate surface area is 171 Å². The van der Waals surface area contributed by atoms with Gasteiger partial charge in [0.15, 0.2) is 5.11 Å². The molecule has 0 amide bonds. The monoisotopic (exact) mass is 406 g/mol. The van der Waals surface area contributed by atoms with Gasteiger partial charge in [-0.25, -0.2) is 0 Å². The summed E-state index contributed by atoms with van der Waals surface area (Å²) < 4.78 is 5.86. The van der Waals surface area contributed by atoms with Crippen molar-refractivity contribution in [1.29, 1.82) is 0 Å². The molecule has 146 valence electrons. The lowest BCUT2D eigenvalue weighted by Gasteiger charge is -2.35. The minimum atomic E-state index is 0.231. The van der Waals surface area contributed by atoms with Gasteiger partial charge < -0.3 is 14.6 Å². The first-order valence-electron chi connectivity index (χ1n) is 9.59. The number of nitrogens with zero attached hydrogens (tertiary/aromatic N) is 3.